The van der Waals surface area contributed by atoms with E-state index in [1.807, 2.05) is 0 Å². The molecule has 0 aromatic carbocycles. The predicted molar refractivity (Wildman–Crippen MR) is 9.52 cm³/mol. The summed E-state index contributed by atoms with van der Waals surface area (Å²) in [6.45, 7) is 0. The van der Waals surface area contributed by atoms with E-state index in [0.717, 1.165) is 7.11 Å². The van der Waals surface area contributed by atoms with E-state index in [1.54, 1.807) is 0 Å². The van der Waals surface area contributed by atoms with Crippen molar-refractivity contribution in [2.75, 3.05) is 7.11 Å². The van der Waals surface area contributed by atoms with Crippen LogP contribution in [0.15, 0.2) is 0 Å². The van der Waals surface area contributed by atoms with E-state index < -0.39 is 37.8 Å². The second kappa shape index (κ2) is 20.4. The first-order valence-corrected chi connectivity index (χ1v) is 3.42. The van der Waals surface area contributed by atoms with Gasteiger partial charge in [-0.2, -0.15) is 0 Å². The first-order valence-electron chi connectivity index (χ1n) is 0.855. The summed E-state index contributed by atoms with van der Waals surface area (Å²) in [6.07, 6.45) is 0. The van der Waals surface area contributed by atoms with Crippen molar-refractivity contribution >= 4 is 0 Å². The van der Waals surface area contributed by atoms with Crippen molar-refractivity contribution in [3.05, 3.63) is 0 Å². The van der Waals surface area contributed by atoms with E-state index in [-0.39, 0.29) is 0 Å². The van der Waals surface area contributed by atoms with Crippen LogP contribution >= 0.6 is 0 Å². The average Bonchev–Trinajstić information content (AvgIpc) is 1.46. The van der Waals surface area contributed by atoms with Crippen molar-refractivity contribution < 1.29 is 44.8 Å². The van der Waals surface area contributed by atoms with E-state index in [2.05, 4.69) is 0 Å². The Hall–Kier alpha value is 0.937. The predicted octanol–water partition coefficient (Wildman–Crippen LogP) is -0.629. The van der Waals surface area contributed by atoms with Crippen LogP contribution in [0.25, 0.3) is 0 Å². The van der Waals surface area contributed by atoms with Gasteiger partial charge in [-0.3, -0.25) is 0 Å². The Morgan fingerprint density at radius 1 is 1.40 bits per heavy atom. The fourth-order valence-electron chi connectivity index (χ4n) is 0. The molecular formula is CH4CeO3. The van der Waals surface area contributed by atoms with Crippen LogP contribution in [-0.4, -0.2) is 12.2 Å². The standard InChI is InChI=1S/CH4O.Ce.2O/c1-2;;;/h2H,1H3;;;. The van der Waals surface area contributed by atoms with E-state index in [4.69, 9.17) is 6.98 Å². The zero-order valence-corrected chi connectivity index (χ0v) is 5.90. The minimum absolute atomic E-state index is 1.00. The molecule has 0 aliphatic carbocycles. The van der Waals surface area contributed by atoms with Crippen LogP contribution in [0.3, 0.4) is 0 Å². The van der Waals surface area contributed by atoms with Crippen LogP contribution in [0.5, 0.6) is 0 Å². The van der Waals surface area contributed by atoms with Crippen molar-refractivity contribution in [3.63, 3.8) is 0 Å². The molecule has 3 nitrogen and oxygen atoms in total. The fourth-order valence-corrected chi connectivity index (χ4v) is 0. The van der Waals surface area contributed by atoms with E-state index in [1.165, 1.54) is 0 Å². The molecule has 0 saturated heterocycles. The van der Waals surface area contributed by atoms with Gasteiger partial charge in [0.2, 0.25) is 0 Å². The molecule has 0 aromatic rings. The summed E-state index contributed by atoms with van der Waals surface area (Å²) in [5.41, 5.74) is 0. The van der Waals surface area contributed by atoms with Gasteiger partial charge in [0.25, 0.3) is 0 Å². The molecule has 5 heavy (non-hydrogen) atoms. The quantitative estimate of drug-likeness (QED) is 0.571. The first-order chi connectivity index (χ1) is 2.41. The molecule has 0 aromatic heterocycles. The zero-order valence-electron chi connectivity index (χ0n) is 2.76. The van der Waals surface area contributed by atoms with Crippen LogP contribution in [0.1, 0.15) is 0 Å². The van der Waals surface area contributed by atoms with Crippen molar-refractivity contribution in [3.8, 4) is 0 Å². The molecule has 0 unspecified atom stereocenters. The van der Waals surface area contributed by atoms with Crippen LogP contribution in [0, 0.1) is 37.8 Å². The fraction of sp³-hybridized carbons (Fsp3) is 1.00. The summed E-state index contributed by atoms with van der Waals surface area (Å²) in [7, 11) is 1.00. The van der Waals surface area contributed by atoms with Crippen LogP contribution < -0.4 is 0 Å². The number of aliphatic hydroxyl groups is 1. The van der Waals surface area contributed by atoms with Gasteiger partial charge in [-0.25, -0.2) is 0 Å². The Bertz CT molecular complexity index is 27.9. The van der Waals surface area contributed by atoms with E-state index >= 15 is 0 Å². The second-order valence-electron chi connectivity index (χ2n) is 0.0833. The second-order valence-corrected chi connectivity index (χ2v) is 0.607. The molecule has 1 N–H and O–H groups in total. The van der Waals surface area contributed by atoms with Crippen molar-refractivity contribution in [2.24, 2.45) is 0 Å². The zero-order chi connectivity index (χ0) is 4.71. The Morgan fingerprint density at radius 3 is 1.40 bits per heavy atom. The molecule has 0 bridgehead atoms. The number of hydrogen-bond acceptors (Lipinski definition) is 3. The third-order valence-electron chi connectivity index (χ3n) is 0. The van der Waals surface area contributed by atoms with Crippen molar-refractivity contribution in [2.45, 2.75) is 0 Å². The summed E-state index contributed by atoms with van der Waals surface area (Å²) < 4.78 is 17.1. The van der Waals surface area contributed by atoms with Gasteiger partial charge in [-0.1, -0.05) is 0 Å². The summed E-state index contributed by atoms with van der Waals surface area (Å²) in [4.78, 5) is 0. The van der Waals surface area contributed by atoms with Gasteiger partial charge in [-0.15, -0.1) is 0 Å². The molecule has 0 amide bonds. The monoisotopic (exact) mass is 204 g/mol. The Kier molecular flexibility index (Phi) is 38.1. The molecular weight excluding hydrogens is 200 g/mol. The van der Waals surface area contributed by atoms with Gasteiger partial charge >= 0.3 is 39.7 Å². The molecule has 30 valence electrons. The molecule has 0 saturated carbocycles. The Labute approximate surface area is 51.4 Å². The molecule has 0 spiro atoms. The van der Waals surface area contributed by atoms with E-state index in [0.29, 0.717) is 0 Å². The average molecular weight is 204 g/mol. The van der Waals surface area contributed by atoms with Crippen molar-refractivity contribution in [1.29, 1.82) is 0 Å². The maximum atomic E-state index is 8.57. The molecule has 0 rings (SSSR count). The van der Waals surface area contributed by atoms with Gasteiger partial charge in [0, 0.05) is 7.11 Å². The summed E-state index contributed by atoms with van der Waals surface area (Å²) in [6, 6.07) is 0. The number of aliphatic hydroxyl groups excluding tert-OH is 1. The maximum absolute atomic E-state index is 8.57. The van der Waals surface area contributed by atoms with Gasteiger partial charge in [0.1, 0.15) is 0 Å². The Morgan fingerprint density at radius 2 is 1.40 bits per heavy atom. The third-order valence-corrected chi connectivity index (χ3v) is 0. The Balaban J connectivity index is 0. The normalized spacial score (nSPS) is 2.80. The van der Waals surface area contributed by atoms with Crippen LogP contribution in [0.4, 0.5) is 0 Å². The van der Waals surface area contributed by atoms with Gasteiger partial charge in [0.15, 0.2) is 0 Å². The minimum atomic E-state index is -2.42. The summed E-state index contributed by atoms with van der Waals surface area (Å²) in [5.74, 6) is 0. The van der Waals surface area contributed by atoms with Gasteiger partial charge in [-0.05, 0) is 0 Å². The molecule has 0 atom stereocenters. The molecule has 0 fully saturated rings. The molecule has 4 heteroatoms. The van der Waals surface area contributed by atoms with Crippen molar-refractivity contribution in [1.82, 2.24) is 0 Å². The topological polar surface area (TPSA) is 54.4 Å². The number of rotatable bonds is 0. The van der Waals surface area contributed by atoms with E-state index in [9.17, 15) is 0 Å². The van der Waals surface area contributed by atoms with Gasteiger partial charge < -0.3 is 5.11 Å². The SMILES string of the molecule is CO.[O]=[Ce]=[O]. The first kappa shape index (κ1) is 9.34. The molecule has 0 heterocycles. The molecule has 0 radical (unpaired) electrons. The summed E-state index contributed by atoms with van der Waals surface area (Å²) in [5, 5.41) is 7.00. The molecule has 0 aliphatic heterocycles. The van der Waals surface area contributed by atoms with Gasteiger partial charge in [0.05, 0.1) is 0 Å². The summed E-state index contributed by atoms with van der Waals surface area (Å²) >= 11 is -2.42. The van der Waals surface area contributed by atoms with Crippen LogP contribution in [-0.2, 0) is 1.88 Å². The molecule has 0 aliphatic rings. The van der Waals surface area contributed by atoms with Crippen LogP contribution in [0.2, 0.25) is 0 Å². The number of hydrogen-bond donors (Lipinski definition) is 1. The third kappa shape index (κ3) is 48.5.